The molecule has 0 spiro atoms. The first-order valence-electron chi connectivity index (χ1n) is 5.92. The highest BCUT2D eigenvalue weighted by molar-refractivity contribution is 5.09. The normalized spacial score (nSPS) is 52.8. The molecule has 0 heteroatoms. The minimum Gasteiger partial charge on any atom is -0.0649 e. The van der Waals surface area contributed by atoms with E-state index in [-0.39, 0.29) is 0 Å². The highest BCUT2D eigenvalue weighted by Gasteiger charge is 2.60. The van der Waals surface area contributed by atoms with Crippen molar-refractivity contribution in [3.63, 3.8) is 0 Å². The molecule has 3 aliphatic carbocycles. The Hall–Kier alpha value is 0. The van der Waals surface area contributed by atoms with Crippen molar-refractivity contribution in [2.45, 2.75) is 53.9 Å². The van der Waals surface area contributed by atoms with Gasteiger partial charge < -0.3 is 0 Å². The molecule has 76 valence electrons. The van der Waals surface area contributed by atoms with Gasteiger partial charge in [0.2, 0.25) is 0 Å². The molecule has 0 aliphatic heterocycles. The summed E-state index contributed by atoms with van der Waals surface area (Å²) < 4.78 is 0. The molecule has 3 aliphatic rings. The van der Waals surface area contributed by atoms with Crippen LogP contribution in [0.25, 0.3) is 0 Å². The Labute approximate surface area is 83.1 Å². The van der Waals surface area contributed by atoms with Gasteiger partial charge in [-0.2, -0.15) is 0 Å². The smallest absolute Gasteiger partial charge is 0.0290 e. The Morgan fingerprint density at radius 3 is 2.23 bits per heavy atom. The third-order valence-electron chi connectivity index (χ3n) is 5.47. The van der Waals surface area contributed by atoms with E-state index in [0.717, 1.165) is 17.8 Å². The van der Waals surface area contributed by atoms with Gasteiger partial charge in [0.15, 0.2) is 0 Å². The van der Waals surface area contributed by atoms with Crippen LogP contribution in [0.4, 0.5) is 0 Å². The van der Waals surface area contributed by atoms with Crippen LogP contribution in [0.15, 0.2) is 0 Å². The van der Waals surface area contributed by atoms with Crippen LogP contribution in [-0.2, 0) is 0 Å². The quantitative estimate of drug-likeness (QED) is 0.570. The molecule has 0 radical (unpaired) electrons. The lowest BCUT2D eigenvalue weighted by molar-refractivity contribution is -0.179. The van der Waals surface area contributed by atoms with Gasteiger partial charge >= 0.3 is 0 Å². The van der Waals surface area contributed by atoms with Crippen LogP contribution >= 0.6 is 0 Å². The zero-order valence-corrected chi connectivity index (χ0v) is 9.85. The molecule has 0 amide bonds. The van der Waals surface area contributed by atoms with Crippen molar-refractivity contribution in [2.24, 2.45) is 28.6 Å². The Morgan fingerprint density at radius 2 is 1.85 bits per heavy atom. The van der Waals surface area contributed by atoms with Crippen LogP contribution < -0.4 is 0 Å². The molecule has 2 bridgehead atoms. The molecule has 13 heavy (non-hydrogen) atoms. The first-order chi connectivity index (χ1) is 5.92. The lowest BCUT2D eigenvalue weighted by atomic mass is 9.38. The lowest BCUT2D eigenvalue weighted by Crippen LogP contribution is -2.59. The largest absolute Gasteiger partial charge is 0.0649 e. The monoisotopic (exact) mass is 180 g/mol. The first kappa shape index (κ1) is 9.55. The topological polar surface area (TPSA) is 0 Å². The van der Waals surface area contributed by atoms with Gasteiger partial charge in [-0.3, -0.25) is 0 Å². The van der Waals surface area contributed by atoms with Crippen LogP contribution in [0, 0.1) is 28.6 Å². The second kappa shape index (κ2) is 2.52. The van der Waals surface area contributed by atoms with Gasteiger partial charge in [-0.1, -0.05) is 41.0 Å². The summed E-state index contributed by atoms with van der Waals surface area (Å²) in [7, 11) is 0. The van der Waals surface area contributed by atoms with Gasteiger partial charge in [-0.25, -0.2) is 0 Å². The predicted octanol–water partition coefficient (Wildman–Crippen LogP) is 4.10. The summed E-state index contributed by atoms with van der Waals surface area (Å²) in [5, 5.41) is 0. The fourth-order valence-electron chi connectivity index (χ4n) is 4.52. The van der Waals surface area contributed by atoms with Crippen molar-refractivity contribution in [1.29, 1.82) is 0 Å². The number of fused-ring (bicyclic) bond motifs is 2. The average molecular weight is 180 g/mol. The second-order valence-electron chi connectivity index (χ2n) is 6.41. The molecule has 3 rings (SSSR count). The van der Waals surface area contributed by atoms with E-state index in [0.29, 0.717) is 10.8 Å². The van der Waals surface area contributed by atoms with Crippen LogP contribution in [-0.4, -0.2) is 0 Å². The maximum atomic E-state index is 2.52. The molecule has 4 unspecified atom stereocenters. The van der Waals surface area contributed by atoms with Crippen molar-refractivity contribution in [3.8, 4) is 0 Å². The number of hydrogen-bond donors (Lipinski definition) is 0. The zero-order chi connectivity index (χ0) is 9.85. The maximum Gasteiger partial charge on any atom is -0.0290 e. The van der Waals surface area contributed by atoms with E-state index in [9.17, 15) is 0 Å². The van der Waals surface area contributed by atoms with E-state index >= 15 is 0 Å². The Bertz CT molecular complexity index is 216. The summed E-state index contributed by atoms with van der Waals surface area (Å²) in [4.78, 5) is 0. The molecule has 4 atom stereocenters. The van der Waals surface area contributed by atoms with E-state index in [2.05, 4.69) is 34.6 Å². The van der Waals surface area contributed by atoms with E-state index in [1.807, 2.05) is 0 Å². The lowest BCUT2D eigenvalue weighted by Gasteiger charge is -2.67. The summed E-state index contributed by atoms with van der Waals surface area (Å²) in [5.41, 5.74) is 1.29. The molecular weight excluding hydrogens is 156 g/mol. The fraction of sp³-hybridized carbons (Fsp3) is 1.00. The second-order valence-corrected chi connectivity index (χ2v) is 6.41. The fourth-order valence-corrected chi connectivity index (χ4v) is 4.52. The Balaban J connectivity index is 2.27. The molecule has 0 aromatic rings. The Kier molecular flexibility index (Phi) is 1.85. The van der Waals surface area contributed by atoms with Crippen LogP contribution in [0.5, 0.6) is 0 Å². The van der Waals surface area contributed by atoms with E-state index in [4.69, 9.17) is 0 Å². The van der Waals surface area contributed by atoms with Gasteiger partial charge in [0.05, 0.1) is 0 Å². The summed E-state index contributed by atoms with van der Waals surface area (Å²) in [6.45, 7) is 12.4. The molecule has 0 N–H and O–H groups in total. The summed E-state index contributed by atoms with van der Waals surface area (Å²) in [6.07, 6.45) is 4.36. The first-order valence-corrected chi connectivity index (χ1v) is 5.92. The van der Waals surface area contributed by atoms with Gasteiger partial charge in [0, 0.05) is 0 Å². The van der Waals surface area contributed by atoms with Crippen LogP contribution in [0.2, 0.25) is 0 Å². The van der Waals surface area contributed by atoms with Crippen LogP contribution in [0.3, 0.4) is 0 Å². The standard InChI is InChI=1S/C13H24/c1-6-13(5)8-9(2)10-7-11(13)12(10,3)4/h9-11H,6-8H2,1-5H3. The van der Waals surface area contributed by atoms with Crippen molar-refractivity contribution >= 4 is 0 Å². The number of hydrogen-bond acceptors (Lipinski definition) is 0. The van der Waals surface area contributed by atoms with Crippen molar-refractivity contribution in [1.82, 2.24) is 0 Å². The molecule has 3 fully saturated rings. The van der Waals surface area contributed by atoms with Gasteiger partial charge in [-0.05, 0) is 41.4 Å². The van der Waals surface area contributed by atoms with Crippen molar-refractivity contribution in [3.05, 3.63) is 0 Å². The average Bonchev–Trinajstić information content (AvgIpc) is 2.02. The SMILES string of the molecule is CCC1(C)CC(C)C2CC1C2(C)C. The molecule has 0 aromatic heterocycles. The predicted molar refractivity (Wildman–Crippen MR) is 57.6 cm³/mol. The van der Waals surface area contributed by atoms with E-state index < -0.39 is 0 Å². The molecule has 3 saturated carbocycles. The Morgan fingerprint density at radius 1 is 1.23 bits per heavy atom. The minimum absolute atomic E-state index is 0.641. The van der Waals surface area contributed by atoms with Gasteiger partial charge in [0.25, 0.3) is 0 Å². The van der Waals surface area contributed by atoms with Gasteiger partial charge in [0.1, 0.15) is 0 Å². The zero-order valence-electron chi connectivity index (χ0n) is 9.85. The maximum absolute atomic E-state index is 2.52. The minimum atomic E-state index is 0.641. The molecule has 0 nitrogen and oxygen atoms in total. The van der Waals surface area contributed by atoms with Gasteiger partial charge in [-0.15, -0.1) is 0 Å². The molecule has 0 aromatic carbocycles. The number of rotatable bonds is 1. The molecule has 0 saturated heterocycles. The van der Waals surface area contributed by atoms with E-state index in [1.165, 1.54) is 19.3 Å². The van der Waals surface area contributed by atoms with Crippen LogP contribution in [0.1, 0.15) is 53.9 Å². The van der Waals surface area contributed by atoms with Crippen molar-refractivity contribution in [2.75, 3.05) is 0 Å². The third-order valence-corrected chi connectivity index (χ3v) is 5.47. The summed E-state index contributed by atoms with van der Waals surface area (Å²) in [5.74, 6) is 2.99. The van der Waals surface area contributed by atoms with E-state index in [1.54, 1.807) is 0 Å². The summed E-state index contributed by atoms with van der Waals surface area (Å²) in [6, 6.07) is 0. The summed E-state index contributed by atoms with van der Waals surface area (Å²) >= 11 is 0. The molecular formula is C13H24. The molecule has 0 heterocycles. The highest BCUT2D eigenvalue weighted by Crippen LogP contribution is 2.68. The highest BCUT2D eigenvalue weighted by atomic mass is 14.7. The third kappa shape index (κ3) is 1.04. The van der Waals surface area contributed by atoms with Crippen molar-refractivity contribution < 1.29 is 0 Å².